The molecular weight excluding hydrogens is 408 g/mol. The van der Waals surface area contributed by atoms with E-state index in [0.29, 0.717) is 0 Å². The molecule has 0 unspecified atom stereocenters. The monoisotopic (exact) mass is 438 g/mol. The van der Waals surface area contributed by atoms with E-state index in [1.54, 1.807) is 6.20 Å². The van der Waals surface area contributed by atoms with Gasteiger partial charge in [-0.1, -0.05) is 0 Å². The van der Waals surface area contributed by atoms with Gasteiger partial charge in [0.15, 0.2) is 0 Å². The standard InChI is InChI=1S/C23H30N6O3/c1-17-3-4-18-19(29(17)23(30)31)5-6-20-22(18)25-21(7-10-27-9-2-8-24-27)28(20)12-11-26-13-15-32-16-14-26/h2,5-6,8-9,17H,3-4,7,10-16H2,1H3,(H,30,31)/t17-/m0/s1. The molecule has 0 aliphatic carbocycles. The summed E-state index contributed by atoms with van der Waals surface area (Å²) in [6.45, 7) is 8.00. The molecule has 9 nitrogen and oxygen atoms in total. The number of amides is 1. The first kappa shape index (κ1) is 21.0. The molecule has 5 rings (SSSR count). The Kier molecular flexibility index (Phi) is 5.84. The first-order chi connectivity index (χ1) is 15.6. The molecule has 3 aromatic rings. The molecule has 2 aliphatic rings. The number of aromatic nitrogens is 4. The van der Waals surface area contributed by atoms with Gasteiger partial charge in [-0.05, 0) is 38.0 Å². The largest absolute Gasteiger partial charge is 0.465 e. The Bertz CT molecular complexity index is 1090. The SMILES string of the molecule is C[C@H]1CCc2c(ccc3c2nc(CCn2cccn2)n3CCN2CCOCC2)N1C(=O)O. The van der Waals surface area contributed by atoms with E-state index in [1.807, 2.05) is 36.0 Å². The van der Waals surface area contributed by atoms with Gasteiger partial charge >= 0.3 is 6.09 Å². The third-order valence-electron chi connectivity index (χ3n) is 6.67. The van der Waals surface area contributed by atoms with Crippen LogP contribution in [-0.4, -0.2) is 74.3 Å². The quantitative estimate of drug-likeness (QED) is 0.637. The van der Waals surface area contributed by atoms with Crippen molar-refractivity contribution in [3.05, 3.63) is 42.0 Å². The lowest BCUT2D eigenvalue weighted by atomic mass is 9.96. The maximum Gasteiger partial charge on any atom is 0.412 e. The summed E-state index contributed by atoms with van der Waals surface area (Å²) < 4.78 is 9.73. The summed E-state index contributed by atoms with van der Waals surface area (Å²) in [6, 6.07) is 5.91. The third kappa shape index (κ3) is 3.98. The molecule has 2 aromatic heterocycles. The van der Waals surface area contributed by atoms with Gasteiger partial charge in [0.1, 0.15) is 5.82 Å². The second-order valence-electron chi connectivity index (χ2n) is 8.62. The highest BCUT2D eigenvalue weighted by atomic mass is 16.5. The van der Waals surface area contributed by atoms with E-state index in [9.17, 15) is 9.90 Å². The fraction of sp³-hybridized carbons (Fsp3) is 0.522. The second-order valence-corrected chi connectivity index (χ2v) is 8.62. The summed E-state index contributed by atoms with van der Waals surface area (Å²) in [5.41, 5.74) is 3.86. The average molecular weight is 439 g/mol. The number of fused-ring (bicyclic) bond motifs is 3. The van der Waals surface area contributed by atoms with Crippen LogP contribution in [0.2, 0.25) is 0 Å². The van der Waals surface area contributed by atoms with Gasteiger partial charge in [-0.15, -0.1) is 0 Å². The minimum atomic E-state index is -0.900. The molecule has 1 fully saturated rings. The zero-order valence-corrected chi connectivity index (χ0v) is 18.5. The molecule has 2 aliphatic heterocycles. The zero-order valence-electron chi connectivity index (χ0n) is 18.5. The third-order valence-corrected chi connectivity index (χ3v) is 6.67. The molecule has 1 amide bonds. The van der Waals surface area contributed by atoms with Crippen LogP contribution in [0.15, 0.2) is 30.6 Å². The van der Waals surface area contributed by atoms with E-state index >= 15 is 0 Å². The van der Waals surface area contributed by atoms with Crippen molar-refractivity contribution in [2.45, 2.75) is 45.3 Å². The number of aryl methyl sites for hydroxylation is 3. The van der Waals surface area contributed by atoms with Crippen molar-refractivity contribution < 1.29 is 14.6 Å². The van der Waals surface area contributed by atoms with Crippen LogP contribution in [0.5, 0.6) is 0 Å². The Hall–Kier alpha value is -2.91. The molecule has 9 heteroatoms. The molecule has 32 heavy (non-hydrogen) atoms. The fourth-order valence-electron chi connectivity index (χ4n) is 4.92. The van der Waals surface area contributed by atoms with Gasteiger partial charge in [0, 0.05) is 63.1 Å². The molecular formula is C23H30N6O3. The lowest BCUT2D eigenvalue weighted by molar-refractivity contribution is 0.0364. The second kappa shape index (κ2) is 8.91. The van der Waals surface area contributed by atoms with E-state index in [0.717, 1.165) is 93.3 Å². The molecule has 1 atom stereocenters. The van der Waals surface area contributed by atoms with E-state index in [4.69, 9.17) is 9.72 Å². The van der Waals surface area contributed by atoms with Crippen LogP contribution < -0.4 is 4.90 Å². The minimum absolute atomic E-state index is 0.0276. The summed E-state index contributed by atoms with van der Waals surface area (Å²) in [5, 5.41) is 14.1. The number of hydrogen-bond donors (Lipinski definition) is 1. The summed E-state index contributed by atoms with van der Waals surface area (Å²) in [4.78, 5) is 20.9. The maximum atomic E-state index is 11.9. The molecule has 1 N–H and O–H groups in total. The molecule has 0 saturated carbocycles. The lowest BCUT2D eigenvalue weighted by Gasteiger charge is -2.33. The van der Waals surface area contributed by atoms with Gasteiger partial charge in [0.25, 0.3) is 0 Å². The number of hydrogen-bond acceptors (Lipinski definition) is 5. The summed E-state index contributed by atoms with van der Waals surface area (Å²) >= 11 is 0. The highest BCUT2D eigenvalue weighted by molar-refractivity contribution is 5.94. The number of nitrogens with zero attached hydrogens (tertiary/aromatic N) is 6. The number of rotatable bonds is 6. The van der Waals surface area contributed by atoms with Crippen molar-refractivity contribution in [3.63, 3.8) is 0 Å². The number of carboxylic acid groups (broad SMARTS) is 1. The van der Waals surface area contributed by atoms with Crippen molar-refractivity contribution in [1.82, 2.24) is 24.2 Å². The Morgan fingerprint density at radius 1 is 1.22 bits per heavy atom. The van der Waals surface area contributed by atoms with Crippen molar-refractivity contribution in [1.29, 1.82) is 0 Å². The highest BCUT2D eigenvalue weighted by Crippen LogP contribution is 2.36. The number of morpholine rings is 1. The van der Waals surface area contributed by atoms with Crippen molar-refractivity contribution in [3.8, 4) is 0 Å². The van der Waals surface area contributed by atoms with Crippen LogP contribution in [0.3, 0.4) is 0 Å². The van der Waals surface area contributed by atoms with Crippen LogP contribution in [-0.2, 0) is 30.7 Å². The van der Waals surface area contributed by atoms with Gasteiger partial charge < -0.3 is 14.4 Å². The number of ether oxygens (including phenoxy) is 1. The number of imidazole rings is 1. The Labute approximate surface area is 187 Å². The van der Waals surface area contributed by atoms with Crippen molar-refractivity contribution in [2.24, 2.45) is 0 Å². The predicted octanol–water partition coefficient (Wildman–Crippen LogP) is 2.63. The first-order valence-electron chi connectivity index (χ1n) is 11.4. The van der Waals surface area contributed by atoms with Crippen LogP contribution >= 0.6 is 0 Å². The van der Waals surface area contributed by atoms with Gasteiger partial charge in [-0.3, -0.25) is 14.5 Å². The number of anilines is 1. The zero-order chi connectivity index (χ0) is 22.1. The first-order valence-corrected chi connectivity index (χ1v) is 11.4. The topological polar surface area (TPSA) is 88.7 Å². The van der Waals surface area contributed by atoms with Crippen molar-refractivity contribution in [2.75, 3.05) is 37.7 Å². The molecule has 0 radical (unpaired) electrons. The summed E-state index contributed by atoms with van der Waals surface area (Å²) in [6.07, 6.45) is 5.28. The Morgan fingerprint density at radius 2 is 2.06 bits per heavy atom. The normalized spacial score (nSPS) is 19.4. The lowest BCUT2D eigenvalue weighted by Crippen LogP contribution is -2.41. The Morgan fingerprint density at radius 3 is 2.81 bits per heavy atom. The molecule has 0 bridgehead atoms. The fourth-order valence-corrected chi connectivity index (χ4v) is 4.92. The van der Waals surface area contributed by atoms with E-state index in [1.165, 1.54) is 4.90 Å². The minimum Gasteiger partial charge on any atom is -0.465 e. The smallest absolute Gasteiger partial charge is 0.412 e. The van der Waals surface area contributed by atoms with Crippen LogP contribution in [0.25, 0.3) is 11.0 Å². The average Bonchev–Trinajstić information content (AvgIpc) is 3.44. The maximum absolute atomic E-state index is 11.9. The Balaban J connectivity index is 1.50. The van der Waals surface area contributed by atoms with Gasteiger partial charge in [0.05, 0.1) is 29.9 Å². The van der Waals surface area contributed by atoms with Gasteiger partial charge in [0.2, 0.25) is 0 Å². The predicted molar refractivity (Wildman–Crippen MR) is 121 cm³/mol. The van der Waals surface area contributed by atoms with Crippen LogP contribution in [0.1, 0.15) is 24.7 Å². The van der Waals surface area contributed by atoms with E-state index in [2.05, 4.69) is 14.6 Å². The summed E-state index contributed by atoms with van der Waals surface area (Å²) in [7, 11) is 0. The van der Waals surface area contributed by atoms with E-state index in [-0.39, 0.29) is 6.04 Å². The van der Waals surface area contributed by atoms with Crippen LogP contribution in [0, 0.1) is 0 Å². The van der Waals surface area contributed by atoms with Gasteiger partial charge in [-0.2, -0.15) is 5.10 Å². The number of benzene rings is 1. The number of carbonyl (C=O) groups is 1. The molecule has 0 spiro atoms. The molecule has 170 valence electrons. The molecule has 1 saturated heterocycles. The molecule has 1 aromatic carbocycles. The summed E-state index contributed by atoms with van der Waals surface area (Å²) in [5.74, 6) is 1.03. The van der Waals surface area contributed by atoms with Crippen molar-refractivity contribution >= 4 is 22.8 Å². The van der Waals surface area contributed by atoms with E-state index < -0.39 is 6.09 Å². The molecule has 4 heterocycles. The van der Waals surface area contributed by atoms with Crippen LogP contribution in [0.4, 0.5) is 10.5 Å². The highest BCUT2D eigenvalue weighted by Gasteiger charge is 2.30. The van der Waals surface area contributed by atoms with Gasteiger partial charge in [-0.25, -0.2) is 9.78 Å².